The molecule has 8 nitrogen and oxygen atoms in total. The molecule has 0 aromatic heterocycles. The second kappa shape index (κ2) is 9.35. The number of fused-ring (bicyclic) bond motifs is 1. The number of nitrogens with one attached hydrogen (secondary N) is 1. The van der Waals surface area contributed by atoms with Crippen LogP contribution in [0.4, 0.5) is 10.1 Å². The summed E-state index contributed by atoms with van der Waals surface area (Å²) in [6.07, 6.45) is 0.0189. The summed E-state index contributed by atoms with van der Waals surface area (Å²) >= 11 is 0. The Morgan fingerprint density at radius 1 is 1.03 bits per heavy atom. The van der Waals surface area contributed by atoms with Crippen LogP contribution < -0.4 is 14.8 Å². The minimum Gasteiger partial charge on any atom is -0.454 e. The van der Waals surface area contributed by atoms with E-state index < -0.39 is 0 Å². The van der Waals surface area contributed by atoms with Gasteiger partial charge in [-0.05, 0) is 24.6 Å². The van der Waals surface area contributed by atoms with E-state index in [9.17, 15) is 18.8 Å². The molecular formula is C23H24FN3O5. The van der Waals surface area contributed by atoms with Crippen LogP contribution in [0.5, 0.6) is 11.5 Å². The summed E-state index contributed by atoms with van der Waals surface area (Å²) in [6, 6.07) is 9.42. The van der Waals surface area contributed by atoms with Gasteiger partial charge in [-0.25, -0.2) is 4.39 Å². The van der Waals surface area contributed by atoms with Crippen LogP contribution in [0.1, 0.15) is 22.8 Å². The van der Waals surface area contributed by atoms with Gasteiger partial charge in [-0.3, -0.25) is 19.3 Å². The molecule has 0 radical (unpaired) electrons. The monoisotopic (exact) mass is 441 g/mol. The molecule has 0 saturated carbocycles. The van der Waals surface area contributed by atoms with Crippen LogP contribution in [0.3, 0.4) is 0 Å². The second-order valence-corrected chi connectivity index (χ2v) is 7.78. The molecule has 0 aliphatic carbocycles. The van der Waals surface area contributed by atoms with Gasteiger partial charge < -0.3 is 19.7 Å². The summed E-state index contributed by atoms with van der Waals surface area (Å²) in [6.45, 7) is 3.59. The first kappa shape index (κ1) is 21.8. The van der Waals surface area contributed by atoms with Gasteiger partial charge in [0.2, 0.25) is 18.6 Å². The van der Waals surface area contributed by atoms with Crippen molar-refractivity contribution in [2.45, 2.75) is 13.3 Å². The van der Waals surface area contributed by atoms with E-state index in [1.807, 2.05) is 4.90 Å². The molecule has 2 amide bonds. The zero-order valence-corrected chi connectivity index (χ0v) is 17.7. The maximum atomic E-state index is 13.8. The zero-order valence-electron chi connectivity index (χ0n) is 17.7. The van der Waals surface area contributed by atoms with E-state index in [0.717, 1.165) is 0 Å². The van der Waals surface area contributed by atoms with Crippen molar-refractivity contribution in [3.8, 4) is 11.5 Å². The highest BCUT2D eigenvalue weighted by Crippen LogP contribution is 2.37. The van der Waals surface area contributed by atoms with Crippen LogP contribution in [0.2, 0.25) is 0 Å². The molecule has 0 bridgehead atoms. The van der Waals surface area contributed by atoms with Gasteiger partial charge in [0.05, 0.1) is 18.7 Å². The molecule has 32 heavy (non-hydrogen) atoms. The number of halogens is 1. The average Bonchev–Trinajstić information content (AvgIpc) is 3.22. The number of hydrogen-bond donors (Lipinski definition) is 1. The summed E-state index contributed by atoms with van der Waals surface area (Å²) in [4.78, 5) is 40.7. The van der Waals surface area contributed by atoms with Crippen molar-refractivity contribution in [3.63, 3.8) is 0 Å². The first-order valence-electron chi connectivity index (χ1n) is 10.4. The molecule has 2 aliphatic heterocycles. The highest BCUT2D eigenvalue weighted by molar-refractivity contribution is 6.05. The van der Waals surface area contributed by atoms with Gasteiger partial charge in [0.1, 0.15) is 5.82 Å². The number of ether oxygens (including phenoxy) is 2. The number of amides is 2. The number of benzene rings is 2. The SMILES string of the molecule is CC(=O)c1cc2c(cc1NC(=O)CN1CCN(C(=O)Cc3ccccc3F)CC1)OCO2. The van der Waals surface area contributed by atoms with Gasteiger partial charge in [0.15, 0.2) is 17.3 Å². The van der Waals surface area contributed by atoms with E-state index in [-0.39, 0.29) is 43.2 Å². The van der Waals surface area contributed by atoms with Gasteiger partial charge in [0, 0.05) is 37.8 Å². The van der Waals surface area contributed by atoms with Crippen molar-refractivity contribution in [2.75, 3.05) is 44.8 Å². The number of carbonyl (C=O) groups excluding carboxylic acids is 3. The Bertz CT molecular complexity index is 1050. The predicted molar refractivity (Wildman–Crippen MR) is 114 cm³/mol. The molecule has 0 atom stereocenters. The summed E-state index contributed by atoms with van der Waals surface area (Å²) in [5.74, 6) is -0.0232. The molecule has 168 valence electrons. The normalized spacial score (nSPS) is 15.5. The lowest BCUT2D eigenvalue weighted by molar-refractivity contribution is -0.132. The van der Waals surface area contributed by atoms with E-state index in [1.165, 1.54) is 13.0 Å². The van der Waals surface area contributed by atoms with Gasteiger partial charge in [0.25, 0.3) is 0 Å². The number of hydrogen-bond acceptors (Lipinski definition) is 6. The Morgan fingerprint density at radius 2 is 1.72 bits per heavy atom. The van der Waals surface area contributed by atoms with Crippen LogP contribution in [-0.4, -0.2) is 66.9 Å². The smallest absolute Gasteiger partial charge is 0.238 e. The molecular weight excluding hydrogens is 417 g/mol. The lowest BCUT2D eigenvalue weighted by atomic mass is 10.1. The molecule has 2 heterocycles. The maximum absolute atomic E-state index is 13.8. The van der Waals surface area contributed by atoms with E-state index >= 15 is 0 Å². The largest absolute Gasteiger partial charge is 0.454 e. The number of rotatable bonds is 6. The Hall–Kier alpha value is -3.46. The van der Waals surface area contributed by atoms with Gasteiger partial charge >= 0.3 is 0 Å². The summed E-state index contributed by atoms with van der Waals surface area (Å²) in [5.41, 5.74) is 1.11. The molecule has 1 N–H and O–H groups in total. The molecule has 1 saturated heterocycles. The van der Waals surface area contributed by atoms with E-state index in [2.05, 4.69) is 5.32 Å². The molecule has 0 spiro atoms. The molecule has 2 aromatic rings. The number of carbonyl (C=O) groups is 3. The Labute approximate surface area is 184 Å². The van der Waals surface area contributed by atoms with Gasteiger partial charge in [-0.2, -0.15) is 0 Å². The number of Topliss-reactive ketones (excluding diaryl/α,β-unsaturated/α-hetero) is 1. The fourth-order valence-electron chi connectivity index (χ4n) is 3.80. The minimum atomic E-state index is -0.385. The summed E-state index contributed by atoms with van der Waals surface area (Å²) < 4.78 is 24.4. The minimum absolute atomic E-state index is 0.0189. The number of ketones is 1. The number of piperazine rings is 1. The summed E-state index contributed by atoms with van der Waals surface area (Å²) in [7, 11) is 0. The van der Waals surface area contributed by atoms with Crippen LogP contribution in [0, 0.1) is 5.82 Å². The fourth-order valence-corrected chi connectivity index (χ4v) is 3.80. The Morgan fingerprint density at radius 3 is 2.41 bits per heavy atom. The standard InChI is InChI=1S/C23H24FN3O5/c1-15(28)17-11-20-21(32-14-31-20)12-19(17)25-22(29)13-26-6-8-27(9-7-26)23(30)10-16-4-2-3-5-18(16)24/h2-5,11-12H,6-10,13-14H2,1H3,(H,25,29). The highest BCUT2D eigenvalue weighted by Gasteiger charge is 2.24. The van der Waals surface area contributed by atoms with Crippen LogP contribution >= 0.6 is 0 Å². The Kier molecular flexibility index (Phi) is 6.36. The fraction of sp³-hybridized carbons (Fsp3) is 0.348. The van der Waals surface area contributed by atoms with Crippen molar-refractivity contribution < 1.29 is 28.2 Å². The van der Waals surface area contributed by atoms with Crippen molar-refractivity contribution >= 4 is 23.3 Å². The lowest BCUT2D eigenvalue weighted by Crippen LogP contribution is -2.50. The third-order valence-electron chi connectivity index (χ3n) is 5.56. The topological polar surface area (TPSA) is 88.2 Å². The van der Waals surface area contributed by atoms with E-state index in [0.29, 0.717) is 54.5 Å². The average molecular weight is 441 g/mol. The van der Waals surface area contributed by atoms with Crippen LogP contribution in [-0.2, 0) is 16.0 Å². The molecule has 0 unspecified atom stereocenters. The van der Waals surface area contributed by atoms with Crippen molar-refractivity contribution in [3.05, 3.63) is 53.3 Å². The van der Waals surface area contributed by atoms with Crippen LogP contribution in [0.25, 0.3) is 0 Å². The van der Waals surface area contributed by atoms with E-state index in [4.69, 9.17) is 9.47 Å². The van der Waals surface area contributed by atoms with Crippen molar-refractivity contribution in [2.24, 2.45) is 0 Å². The highest BCUT2D eigenvalue weighted by atomic mass is 19.1. The zero-order chi connectivity index (χ0) is 22.7. The van der Waals surface area contributed by atoms with Gasteiger partial charge in [-0.1, -0.05) is 18.2 Å². The Balaban J connectivity index is 1.30. The van der Waals surface area contributed by atoms with E-state index in [1.54, 1.807) is 35.2 Å². The summed E-state index contributed by atoms with van der Waals surface area (Å²) in [5, 5.41) is 2.78. The third-order valence-corrected chi connectivity index (χ3v) is 5.56. The van der Waals surface area contributed by atoms with Crippen molar-refractivity contribution in [1.82, 2.24) is 9.80 Å². The predicted octanol–water partition coefficient (Wildman–Crippen LogP) is 2.08. The van der Waals surface area contributed by atoms with Gasteiger partial charge in [-0.15, -0.1) is 0 Å². The quantitative estimate of drug-likeness (QED) is 0.691. The molecule has 2 aliphatic rings. The maximum Gasteiger partial charge on any atom is 0.238 e. The molecule has 4 rings (SSSR count). The molecule has 9 heteroatoms. The first-order valence-corrected chi connectivity index (χ1v) is 10.4. The second-order valence-electron chi connectivity index (χ2n) is 7.78. The lowest BCUT2D eigenvalue weighted by Gasteiger charge is -2.34. The van der Waals surface area contributed by atoms with Crippen molar-refractivity contribution in [1.29, 1.82) is 0 Å². The molecule has 1 fully saturated rings. The third kappa shape index (κ3) is 4.88. The number of anilines is 1. The molecule has 2 aromatic carbocycles. The van der Waals surface area contributed by atoms with Crippen LogP contribution in [0.15, 0.2) is 36.4 Å². The first-order chi connectivity index (χ1) is 15.4. The number of nitrogens with zero attached hydrogens (tertiary/aromatic N) is 2.